The summed E-state index contributed by atoms with van der Waals surface area (Å²) in [5.74, 6) is 0.386. The zero-order valence-electron chi connectivity index (χ0n) is 16.5. The highest BCUT2D eigenvalue weighted by Gasteiger charge is 2.34. The van der Waals surface area contributed by atoms with Crippen LogP contribution in [-0.2, 0) is 12.7 Å². The highest BCUT2D eigenvalue weighted by atomic mass is 35.5. The van der Waals surface area contributed by atoms with E-state index in [4.69, 9.17) is 16.3 Å². The Morgan fingerprint density at radius 1 is 0.906 bits per heavy atom. The molecular weight excluding hydrogens is 441 g/mol. The fourth-order valence-corrected chi connectivity index (χ4v) is 3.52. The van der Waals surface area contributed by atoms with E-state index in [1.54, 1.807) is 34.9 Å². The van der Waals surface area contributed by atoms with Gasteiger partial charge in [0.05, 0.1) is 16.8 Å². The summed E-state index contributed by atoms with van der Waals surface area (Å²) in [6, 6.07) is 21.4. The van der Waals surface area contributed by atoms with Crippen LogP contribution in [0.25, 0.3) is 11.4 Å². The van der Waals surface area contributed by atoms with E-state index in [0.29, 0.717) is 5.75 Å². The van der Waals surface area contributed by atoms with Crippen molar-refractivity contribution in [2.24, 2.45) is 0 Å². The first-order valence-electron chi connectivity index (χ1n) is 9.57. The second-order valence-corrected chi connectivity index (χ2v) is 7.31. The van der Waals surface area contributed by atoms with Crippen LogP contribution in [0.15, 0.2) is 89.9 Å². The maximum atomic E-state index is 13.4. The zero-order valence-corrected chi connectivity index (χ0v) is 17.3. The highest BCUT2D eigenvalue weighted by Crippen LogP contribution is 2.39. The fraction of sp³-hybridized carbons (Fsp3) is 0.0833. The van der Waals surface area contributed by atoms with Crippen LogP contribution in [0.1, 0.15) is 11.1 Å². The highest BCUT2D eigenvalue weighted by molar-refractivity contribution is 6.34. The van der Waals surface area contributed by atoms with Crippen molar-refractivity contribution >= 4 is 11.6 Å². The number of hydrogen-bond acceptors (Lipinski definition) is 3. The first kappa shape index (κ1) is 21.6. The van der Waals surface area contributed by atoms with Crippen LogP contribution in [0.3, 0.4) is 0 Å². The van der Waals surface area contributed by atoms with Gasteiger partial charge in [-0.1, -0.05) is 66.2 Å². The van der Waals surface area contributed by atoms with Gasteiger partial charge in [0.2, 0.25) is 5.75 Å². The Labute approximate surface area is 186 Å². The maximum absolute atomic E-state index is 13.4. The van der Waals surface area contributed by atoms with Gasteiger partial charge in [0.25, 0.3) is 0 Å². The minimum Gasteiger partial charge on any atom is -0.450 e. The van der Waals surface area contributed by atoms with E-state index < -0.39 is 22.3 Å². The van der Waals surface area contributed by atoms with Gasteiger partial charge in [-0.25, -0.2) is 0 Å². The number of ether oxygens (including phenoxy) is 1. The van der Waals surface area contributed by atoms with Gasteiger partial charge in [0, 0.05) is 12.1 Å². The molecule has 0 saturated carbocycles. The molecule has 162 valence electrons. The molecule has 0 fully saturated rings. The summed E-state index contributed by atoms with van der Waals surface area (Å²) in [6.07, 6.45) is -3.21. The third kappa shape index (κ3) is 4.68. The normalized spacial score (nSPS) is 11.4. The van der Waals surface area contributed by atoms with Crippen molar-refractivity contribution in [2.75, 3.05) is 0 Å². The number of rotatable bonds is 5. The van der Waals surface area contributed by atoms with Crippen molar-refractivity contribution in [1.29, 1.82) is 0 Å². The third-order valence-corrected chi connectivity index (χ3v) is 5.08. The molecule has 1 aromatic heterocycles. The van der Waals surface area contributed by atoms with Crippen molar-refractivity contribution in [1.82, 2.24) is 9.55 Å². The molecule has 0 unspecified atom stereocenters. The smallest absolute Gasteiger partial charge is 0.417 e. The van der Waals surface area contributed by atoms with E-state index in [-0.39, 0.29) is 23.7 Å². The SMILES string of the molecule is O=c1nc(-c2cccc(C(F)(F)F)c2Cl)n(Cc2ccccc2)cc1Oc1ccccc1. The van der Waals surface area contributed by atoms with Gasteiger partial charge in [-0.05, 0) is 29.8 Å². The molecule has 0 aliphatic carbocycles. The van der Waals surface area contributed by atoms with Gasteiger partial charge in [-0.15, -0.1) is 0 Å². The molecule has 3 aromatic carbocycles. The molecule has 0 saturated heterocycles. The van der Waals surface area contributed by atoms with Crippen molar-refractivity contribution in [3.63, 3.8) is 0 Å². The standard InChI is InChI=1S/C24H16ClF3N2O2/c25-21-18(12-7-13-19(21)24(26,27)28)22-29-23(31)20(32-17-10-5-2-6-11-17)15-30(22)14-16-8-3-1-4-9-16/h1-13,15H,14H2. The Hall–Kier alpha value is -3.58. The molecule has 0 aliphatic rings. The molecule has 32 heavy (non-hydrogen) atoms. The molecule has 4 aromatic rings. The lowest BCUT2D eigenvalue weighted by Gasteiger charge is -2.17. The minimum atomic E-state index is -4.64. The second-order valence-electron chi connectivity index (χ2n) is 6.93. The number of halogens is 4. The predicted octanol–water partition coefficient (Wildman–Crippen LogP) is 6.42. The summed E-state index contributed by atoms with van der Waals surface area (Å²) in [6.45, 7) is 0.237. The van der Waals surface area contributed by atoms with Crippen LogP contribution in [0.5, 0.6) is 11.5 Å². The lowest BCUT2D eigenvalue weighted by atomic mass is 10.1. The third-order valence-electron chi connectivity index (χ3n) is 4.68. The summed E-state index contributed by atoms with van der Waals surface area (Å²) in [7, 11) is 0. The van der Waals surface area contributed by atoms with Crippen LogP contribution in [0, 0.1) is 0 Å². The van der Waals surface area contributed by atoms with Crippen LogP contribution in [-0.4, -0.2) is 9.55 Å². The first-order valence-corrected chi connectivity index (χ1v) is 9.95. The summed E-state index contributed by atoms with van der Waals surface area (Å²) in [4.78, 5) is 16.8. The van der Waals surface area contributed by atoms with Crippen molar-refractivity contribution in [3.05, 3.63) is 112 Å². The maximum Gasteiger partial charge on any atom is 0.417 e. The topological polar surface area (TPSA) is 44.1 Å². The van der Waals surface area contributed by atoms with Gasteiger partial charge in [0.1, 0.15) is 11.6 Å². The van der Waals surface area contributed by atoms with Crippen molar-refractivity contribution in [3.8, 4) is 22.9 Å². The monoisotopic (exact) mass is 456 g/mol. The first-order chi connectivity index (χ1) is 15.3. The molecule has 0 atom stereocenters. The van der Waals surface area contributed by atoms with Crippen LogP contribution < -0.4 is 10.3 Å². The second kappa shape index (κ2) is 8.88. The number of aromatic nitrogens is 2. The van der Waals surface area contributed by atoms with Gasteiger partial charge >= 0.3 is 11.7 Å². The Morgan fingerprint density at radius 2 is 1.56 bits per heavy atom. The van der Waals surface area contributed by atoms with E-state index in [9.17, 15) is 18.0 Å². The van der Waals surface area contributed by atoms with Crippen molar-refractivity contribution < 1.29 is 17.9 Å². The summed E-state index contributed by atoms with van der Waals surface area (Å²) < 4.78 is 47.4. The van der Waals surface area contributed by atoms with E-state index in [2.05, 4.69) is 4.98 Å². The molecule has 8 heteroatoms. The minimum absolute atomic E-state index is 0.000726. The van der Waals surface area contributed by atoms with E-state index in [1.807, 2.05) is 30.3 Å². The van der Waals surface area contributed by atoms with Crippen LogP contribution in [0.2, 0.25) is 5.02 Å². The number of alkyl halides is 3. The summed E-state index contributed by atoms with van der Waals surface area (Å²) in [5, 5.41) is -0.523. The van der Waals surface area contributed by atoms with Gasteiger partial charge in [0.15, 0.2) is 0 Å². The molecule has 0 aliphatic heterocycles. The largest absolute Gasteiger partial charge is 0.450 e. The summed E-state index contributed by atoms with van der Waals surface area (Å²) in [5.41, 5.74) is -0.864. The lowest BCUT2D eigenvalue weighted by Crippen LogP contribution is -2.18. The number of nitrogens with zero attached hydrogens (tertiary/aromatic N) is 2. The molecule has 0 N–H and O–H groups in total. The molecule has 0 bridgehead atoms. The van der Waals surface area contributed by atoms with Gasteiger partial charge < -0.3 is 9.30 Å². The molecule has 4 nitrogen and oxygen atoms in total. The summed E-state index contributed by atoms with van der Waals surface area (Å²) >= 11 is 6.12. The Balaban J connectivity index is 1.87. The Morgan fingerprint density at radius 3 is 2.22 bits per heavy atom. The van der Waals surface area contributed by atoms with Gasteiger partial charge in [-0.3, -0.25) is 4.79 Å². The Kier molecular flexibility index (Phi) is 6.01. The average molecular weight is 457 g/mol. The molecule has 0 radical (unpaired) electrons. The Bertz CT molecular complexity index is 1290. The fourth-order valence-electron chi connectivity index (χ4n) is 3.20. The molecule has 4 rings (SSSR count). The quantitative estimate of drug-likeness (QED) is 0.348. The lowest BCUT2D eigenvalue weighted by molar-refractivity contribution is -0.137. The van der Waals surface area contributed by atoms with Crippen LogP contribution in [0.4, 0.5) is 13.2 Å². The average Bonchev–Trinajstić information content (AvgIpc) is 2.77. The number of hydrogen-bond donors (Lipinski definition) is 0. The van der Waals surface area contributed by atoms with E-state index in [0.717, 1.165) is 11.6 Å². The molecular formula is C24H16ClF3N2O2. The molecule has 0 spiro atoms. The van der Waals surface area contributed by atoms with Crippen LogP contribution >= 0.6 is 11.6 Å². The van der Waals surface area contributed by atoms with Gasteiger partial charge in [-0.2, -0.15) is 18.2 Å². The number of benzene rings is 3. The predicted molar refractivity (Wildman–Crippen MR) is 116 cm³/mol. The zero-order chi connectivity index (χ0) is 22.7. The number of para-hydroxylation sites is 1. The van der Waals surface area contributed by atoms with Crippen molar-refractivity contribution in [2.45, 2.75) is 12.7 Å². The molecule has 0 amide bonds. The van der Waals surface area contributed by atoms with E-state index >= 15 is 0 Å². The van der Waals surface area contributed by atoms with E-state index in [1.165, 1.54) is 18.3 Å². The molecule has 1 heterocycles.